The lowest BCUT2D eigenvalue weighted by molar-refractivity contribution is -0.131. The summed E-state index contributed by atoms with van der Waals surface area (Å²) in [5, 5.41) is 0. The number of carbonyl (C=O) groups is 1. The number of fused-ring (bicyclic) bond motifs is 2. The third kappa shape index (κ3) is 3.79. The van der Waals surface area contributed by atoms with Crippen LogP contribution in [0.3, 0.4) is 0 Å². The highest BCUT2D eigenvalue weighted by Crippen LogP contribution is 2.53. The molecule has 0 aromatic heterocycles. The van der Waals surface area contributed by atoms with E-state index in [-0.39, 0.29) is 23.0 Å². The Morgan fingerprint density at radius 1 is 1.15 bits per heavy atom. The minimum absolute atomic E-state index is 0.0184. The maximum Gasteiger partial charge on any atom is 0.223 e. The highest BCUT2D eigenvalue weighted by Gasteiger charge is 2.46. The van der Waals surface area contributed by atoms with Crippen molar-refractivity contribution in [3.05, 3.63) is 35.4 Å². The van der Waals surface area contributed by atoms with E-state index in [0.717, 1.165) is 32.4 Å². The molecule has 1 aromatic carbocycles. The predicted molar refractivity (Wildman–Crippen MR) is 108 cm³/mol. The van der Waals surface area contributed by atoms with Crippen LogP contribution >= 0.6 is 0 Å². The van der Waals surface area contributed by atoms with Gasteiger partial charge in [-0.1, -0.05) is 24.3 Å². The van der Waals surface area contributed by atoms with E-state index in [9.17, 15) is 13.2 Å². The molecule has 3 rings (SSSR count). The number of hydrogen-bond donors (Lipinski definition) is 0. The van der Waals surface area contributed by atoms with Crippen molar-refractivity contribution < 1.29 is 13.2 Å². The van der Waals surface area contributed by atoms with Gasteiger partial charge in [-0.2, -0.15) is 0 Å². The number of benzene rings is 1. The fourth-order valence-corrected chi connectivity index (χ4v) is 6.08. The van der Waals surface area contributed by atoms with Crippen LogP contribution in [0, 0.1) is 0 Å². The summed E-state index contributed by atoms with van der Waals surface area (Å²) in [7, 11) is -3.12. The number of hydrogen-bond acceptors (Lipinski definition) is 3. The molecule has 1 fully saturated rings. The van der Waals surface area contributed by atoms with Crippen LogP contribution in [0.4, 0.5) is 0 Å². The second kappa shape index (κ2) is 7.92. The molecule has 150 valence electrons. The summed E-state index contributed by atoms with van der Waals surface area (Å²) in [6.07, 6.45) is 3.20. The van der Waals surface area contributed by atoms with Crippen LogP contribution in [0.25, 0.3) is 0 Å². The average molecular weight is 393 g/mol. The summed E-state index contributed by atoms with van der Waals surface area (Å²) in [5.74, 6) is 0.629. The first-order valence-corrected chi connectivity index (χ1v) is 11.8. The molecule has 1 spiro atoms. The van der Waals surface area contributed by atoms with Gasteiger partial charge in [0.1, 0.15) is 0 Å². The van der Waals surface area contributed by atoms with Gasteiger partial charge < -0.3 is 4.90 Å². The lowest BCUT2D eigenvalue weighted by atomic mass is 9.73. The average Bonchev–Trinajstić information content (AvgIpc) is 2.96. The van der Waals surface area contributed by atoms with Crippen molar-refractivity contribution >= 4 is 15.9 Å². The topological polar surface area (TPSA) is 57.7 Å². The zero-order valence-corrected chi connectivity index (χ0v) is 17.6. The lowest BCUT2D eigenvalue weighted by Gasteiger charge is -2.39. The molecule has 1 atom stereocenters. The van der Waals surface area contributed by atoms with E-state index in [1.54, 1.807) is 11.2 Å². The molecule has 2 aliphatic rings. The van der Waals surface area contributed by atoms with Gasteiger partial charge in [-0.05, 0) is 62.5 Å². The number of amides is 1. The summed E-state index contributed by atoms with van der Waals surface area (Å²) < 4.78 is 26.1. The molecule has 6 heteroatoms. The van der Waals surface area contributed by atoms with Crippen molar-refractivity contribution in [2.45, 2.75) is 57.8 Å². The standard InChI is InChI=1S/C21H32N2O3S/c1-4-22(5-2)20(24)15-17-16-21(19-10-8-7-9-18(17)19)11-13-23(14-12-21)27(25,26)6-3/h7-10,17H,4-6,11-16H2,1-3H3. The van der Waals surface area contributed by atoms with Gasteiger partial charge in [0.2, 0.25) is 15.9 Å². The molecule has 1 unspecified atom stereocenters. The normalized spacial score (nSPS) is 22.0. The smallest absolute Gasteiger partial charge is 0.223 e. The minimum Gasteiger partial charge on any atom is -0.343 e. The lowest BCUT2D eigenvalue weighted by Crippen LogP contribution is -2.45. The molecule has 0 saturated carbocycles. The first kappa shape index (κ1) is 20.3. The summed E-state index contributed by atoms with van der Waals surface area (Å²) in [6, 6.07) is 8.49. The van der Waals surface area contributed by atoms with E-state index in [1.807, 2.05) is 18.7 Å². The van der Waals surface area contributed by atoms with Gasteiger partial charge in [-0.15, -0.1) is 0 Å². The molecule has 0 bridgehead atoms. The molecular formula is C21H32N2O3S. The molecule has 1 amide bonds. The van der Waals surface area contributed by atoms with Crippen LogP contribution in [0.2, 0.25) is 0 Å². The van der Waals surface area contributed by atoms with Gasteiger partial charge in [0.25, 0.3) is 0 Å². The molecule has 0 N–H and O–H groups in total. The monoisotopic (exact) mass is 392 g/mol. The summed E-state index contributed by atoms with van der Waals surface area (Å²) in [4.78, 5) is 14.6. The molecule has 0 radical (unpaired) electrons. The van der Waals surface area contributed by atoms with Crippen LogP contribution in [0.1, 0.15) is 63.5 Å². The Morgan fingerprint density at radius 3 is 2.37 bits per heavy atom. The fraction of sp³-hybridized carbons (Fsp3) is 0.667. The summed E-state index contributed by atoms with van der Waals surface area (Å²) >= 11 is 0. The zero-order valence-electron chi connectivity index (χ0n) is 16.8. The molecule has 27 heavy (non-hydrogen) atoms. The van der Waals surface area contributed by atoms with Crippen molar-refractivity contribution in [3.63, 3.8) is 0 Å². The fourth-order valence-electron chi connectivity index (χ4n) is 4.97. The predicted octanol–water partition coefficient (Wildman–Crippen LogP) is 3.12. The van der Waals surface area contributed by atoms with Gasteiger partial charge >= 0.3 is 0 Å². The Kier molecular flexibility index (Phi) is 5.96. The zero-order chi connectivity index (χ0) is 19.7. The Labute approximate surface area is 163 Å². The quantitative estimate of drug-likeness (QED) is 0.747. The van der Waals surface area contributed by atoms with Gasteiger partial charge in [-0.3, -0.25) is 4.79 Å². The number of piperidine rings is 1. The highest BCUT2D eigenvalue weighted by molar-refractivity contribution is 7.89. The first-order valence-electron chi connectivity index (χ1n) is 10.2. The van der Waals surface area contributed by atoms with Crippen molar-refractivity contribution in [2.75, 3.05) is 31.9 Å². The van der Waals surface area contributed by atoms with Gasteiger partial charge in [-0.25, -0.2) is 12.7 Å². The van der Waals surface area contributed by atoms with Gasteiger partial charge in [0.05, 0.1) is 5.75 Å². The van der Waals surface area contributed by atoms with E-state index in [4.69, 9.17) is 0 Å². The van der Waals surface area contributed by atoms with Crippen molar-refractivity contribution in [1.29, 1.82) is 0 Å². The Hall–Kier alpha value is -1.40. The Morgan fingerprint density at radius 2 is 1.78 bits per heavy atom. The summed E-state index contributed by atoms with van der Waals surface area (Å²) in [6.45, 7) is 8.42. The molecule has 1 aromatic rings. The Bertz CT molecular complexity index is 778. The molecule has 1 aliphatic heterocycles. The van der Waals surface area contributed by atoms with E-state index in [2.05, 4.69) is 24.3 Å². The molecule has 1 saturated heterocycles. The van der Waals surface area contributed by atoms with Crippen LogP contribution in [0.15, 0.2) is 24.3 Å². The maximum absolute atomic E-state index is 12.7. The second-order valence-electron chi connectivity index (χ2n) is 7.84. The largest absolute Gasteiger partial charge is 0.343 e. The SMILES string of the molecule is CCN(CC)C(=O)CC1CC2(CCN(S(=O)(=O)CC)CC2)c2ccccc21. The van der Waals surface area contributed by atoms with Crippen molar-refractivity contribution in [1.82, 2.24) is 9.21 Å². The van der Waals surface area contributed by atoms with E-state index in [1.165, 1.54) is 11.1 Å². The van der Waals surface area contributed by atoms with Crippen LogP contribution in [0.5, 0.6) is 0 Å². The first-order chi connectivity index (χ1) is 12.9. The number of carbonyl (C=O) groups excluding carboxylic acids is 1. The van der Waals surface area contributed by atoms with Gasteiger partial charge in [0, 0.05) is 32.6 Å². The Balaban J connectivity index is 1.81. The van der Waals surface area contributed by atoms with Crippen LogP contribution in [-0.2, 0) is 20.2 Å². The highest BCUT2D eigenvalue weighted by atomic mass is 32.2. The van der Waals surface area contributed by atoms with E-state index >= 15 is 0 Å². The molecule has 1 heterocycles. The van der Waals surface area contributed by atoms with Crippen LogP contribution in [-0.4, -0.2) is 55.5 Å². The second-order valence-corrected chi connectivity index (χ2v) is 10.1. The molecule has 1 aliphatic carbocycles. The third-order valence-corrected chi connectivity index (χ3v) is 8.47. The molecular weight excluding hydrogens is 360 g/mol. The van der Waals surface area contributed by atoms with E-state index in [0.29, 0.717) is 19.5 Å². The van der Waals surface area contributed by atoms with Crippen molar-refractivity contribution in [3.8, 4) is 0 Å². The number of rotatable bonds is 6. The third-order valence-electron chi connectivity index (χ3n) is 6.58. The number of nitrogens with zero attached hydrogens (tertiary/aromatic N) is 2. The van der Waals surface area contributed by atoms with Gasteiger partial charge in [0.15, 0.2) is 0 Å². The maximum atomic E-state index is 12.7. The molecule has 5 nitrogen and oxygen atoms in total. The number of sulfonamides is 1. The summed E-state index contributed by atoms with van der Waals surface area (Å²) in [5.41, 5.74) is 2.66. The van der Waals surface area contributed by atoms with Crippen molar-refractivity contribution in [2.24, 2.45) is 0 Å². The van der Waals surface area contributed by atoms with E-state index < -0.39 is 10.0 Å². The minimum atomic E-state index is -3.12. The van der Waals surface area contributed by atoms with Crippen LogP contribution < -0.4 is 0 Å².